The summed E-state index contributed by atoms with van der Waals surface area (Å²) < 4.78 is 13.7. The van der Waals surface area contributed by atoms with Crippen LogP contribution in [0.1, 0.15) is 24.9 Å². The highest BCUT2D eigenvalue weighted by atomic mass is 35.5. The number of fused-ring (bicyclic) bond motifs is 1. The standard InChI is InChI=1S/C16H14ClFN2O2/c1-9(21)14-13-4-2-3-7-20(13)16(22)19-15(14)10-5-6-11(17)12(18)8-10/h2,4-6,8,15H,3,7H2,1H3,(H,19,22). The minimum Gasteiger partial charge on any atom is -0.327 e. The van der Waals surface area contributed by atoms with E-state index in [2.05, 4.69) is 5.32 Å². The van der Waals surface area contributed by atoms with Crippen LogP contribution in [-0.2, 0) is 4.79 Å². The molecule has 0 bridgehead atoms. The van der Waals surface area contributed by atoms with Gasteiger partial charge in [-0.05, 0) is 37.1 Å². The molecule has 1 aromatic carbocycles. The third kappa shape index (κ3) is 2.41. The Morgan fingerprint density at radius 3 is 2.91 bits per heavy atom. The van der Waals surface area contributed by atoms with Crippen LogP contribution in [0.15, 0.2) is 41.6 Å². The number of urea groups is 1. The van der Waals surface area contributed by atoms with Crippen molar-refractivity contribution < 1.29 is 14.0 Å². The number of nitrogens with one attached hydrogen (secondary N) is 1. The summed E-state index contributed by atoms with van der Waals surface area (Å²) in [5.74, 6) is -0.741. The quantitative estimate of drug-likeness (QED) is 0.908. The second-order valence-electron chi connectivity index (χ2n) is 5.25. The van der Waals surface area contributed by atoms with Gasteiger partial charge in [0.1, 0.15) is 5.82 Å². The van der Waals surface area contributed by atoms with Gasteiger partial charge < -0.3 is 5.32 Å². The Bertz CT molecular complexity index is 727. The summed E-state index contributed by atoms with van der Waals surface area (Å²) in [6.45, 7) is 1.97. The summed E-state index contributed by atoms with van der Waals surface area (Å²) in [7, 11) is 0. The summed E-state index contributed by atoms with van der Waals surface area (Å²) in [5.41, 5.74) is 1.53. The number of hydrogen-bond donors (Lipinski definition) is 1. The minimum atomic E-state index is -0.675. The van der Waals surface area contributed by atoms with Gasteiger partial charge >= 0.3 is 6.03 Å². The van der Waals surface area contributed by atoms with Gasteiger partial charge in [0, 0.05) is 12.1 Å². The van der Waals surface area contributed by atoms with Crippen LogP contribution >= 0.6 is 11.6 Å². The van der Waals surface area contributed by atoms with Crippen LogP contribution in [0, 0.1) is 5.82 Å². The van der Waals surface area contributed by atoms with E-state index in [9.17, 15) is 14.0 Å². The average Bonchev–Trinajstić information content (AvgIpc) is 2.49. The zero-order valence-electron chi connectivity index (χ0n) is 11.9. The van der Waals surface area contributed by atoms with Gasteiger partial charge in [0.25, 0.3) is 0 Å². The molecule has 22 heavy (non-hydrogen) atoms. The van der Waals surface area contributed by atoms with E-state index in [1.165, 1.54) is 19.1 Å². The molecule has 0 aliphatic carbocycles. The highest BCUT2D eigenvalue weighted by Crippen LogP contribution is 2.34. The number of benzene rings is 1. The van der Waals surface area contributed by atoms with Crippen molar-refractivity contribution in [3.63, 3.8) is 0 Å². The minimum absolute atomic E-state index is 0.00195. The molecule has 0 saturated carbocycles. The summed E-state index contributed by atoms with van der Waals surface area (Å²) in [4.78, 5) is 25.9. The van der Waals surface area contributed by atoms with Crippen LogP contribution in [0.4, 0.5) is 9.18 Å². The SMILES string of the molecule is CC(=O)C1=C2C=CCCN2C(=O)NC1c1ccc(Cl)c(F)c1. The molecule has 1 aromatic rings. The molecule has 4 nitrogen and oxygen atoms in total. The number of Topliss-reactive ketones (excluding diaryl/α,β-unsaturated/α-hetero) is 1. The molecule has 3 rings (SSSR count). The van der Waals surface area contributed by atoms with Gasteiger partial charge in [-0.2, -0.15) is 0 Å². The van der Waals surface area contributed by atoms with Gasteiger partial charge in [-0.15, -0.1) is 0 Å². The summed E-state index contributed by atoms with van der Waals surface area (Å²) in [6, 6.07) is 3.32. The van der Waals surface area contributed by atoms with Gasteiger partial charge in [-0.3, -0.25) is 9.69 Å². The molecular weight excluding hydrogens is 307 g/mol. The molecule has 0 radical (unpaired) electrons. The predicted molar refractivity (Wildman–Crippen MR) is 80.9 cm³/mol. The Balaban J connectivity index is 2.15. The number of allylic oxidation sites excluding steroid dienone is 1. The van der Waals surface area contributed by atoms with E-state index in [4.69, 9.17) is 11.6 Å². The maximum absolute atomic E-state index is 13.7. The Morgan fingerprint density at radius 2 is 2.23 bits per heavy atom. The smallest absolute Gasteiger partial charge is 0.322 e. The first-order valence-electron chi connectivity index (χ1n) is 6.93. The second-order valence-corrected chi connectivity index (χ2v) is 5.66. The number of halogens is 2. The molecule has 2 aliphatic rings. The second kappa shape index (κ2) is 5.57. The molecule has 0 saturated heterocycles. The van der Waals surface area contributed by atoms with Gasteiger partial charge in [-0.25, -0.2) is 9.18 Å². The van der Waals surface area contributed by atoms with Crippen molar-refractivity contribution in [2.75, 3.05) is 6.54 Å². The predicted octanol–water partition coefficient (Wildman–Crippen LogP) is 3.35. The maximum Gasteiger partial charge on any atom is 0.322 e. The number of nitrogens with zero attached hydrogens (tertiary/aromatic N) is 1. The lowest BCUT2D eigenvalue weighted by atomic mass is 9.91. The Hall–Kier alpha value is -2.14. The summed E-state index contributed by atoms with van der Waals surface area (Å²) in [5, 5.41) is 2.78. The molecule has 2 aliphatic heterocycles. The molecule has 1 N–H and O–H groups in total. The zero-order chi connectivity index (χ0) is 15.9. The van der Waals surface area contributed by atoms with Crippen molar-refractivity contribution in [1.82, 2.24) is 10.2 Å². The van der Waals surface area contributed by atoms with Crippen molar-refractivity contribution in [2.24, 2.45) is 0 Å². The van der Waals surface area contributed by atoms with Gasteiger partial charge in [0.2, 0.25) is 0 Å². The number of carbonyl (C=O) groups is 2. The van der Waals surface area contributed by atoms with E-state index in [0.29, 0.717) is 23.4 Å². The molecular formula is C16H14ClFN2O2. The number of ketones is 1. The first-order valence-corrected chi connectivity index (χ1v) is 7.31. The average molecular weight is 321 g/mol. The summed E-state index contributed by atoms with van der Waals surface area (Å²) >= 11 is 5.70. The van der Waals surface area contributed by atoms with Crippen molar-refractivity contribution in [2.45, 2.75) is 19.4 Å². The van der Waals surface area contributed by atoms with Crippen LogP contribution in [0.5, 0.6) is 0 Å². The first kappa shape index (κ1) is 14.8. The van der Waals surface area contributed by atoms with Crippen LogP contribution in [0.3, 0.4) is 0 Å². The normalized spacial score (nSPS) is 20.8. The Kier molecular flexibility index (Phi) is 3.74. The number of carbonyl (C=O) groups excluding carboxylic acids is 2. The molecule has 0 fully saturated rings. The third-order valence-corrected chi connectivity index (χ3v) is 4.13. The molecule has 6 heteroatoms. The molecule has 114 valence electrons. The van der Waals surface area contributed by atoms with Crippen molar-refractivity contribution >= 4 is 23.4 Å². The number of rotatable bonds is 2. The molecule has 2 amide bonds. The number of amides is 2. The third-order valence-electron chi connectivity index (χ3n) is 3.82. The van der Waals surface area contributed by atoms with Crippen LogP contribution < -0.4 is 5.32 Å². The number of hydrogen-bond acceptors (Lipinski definition) is 2. The topological polar surface area (TPSA) is 49.4 Å². The van der Waals surface area contributed by atoms with E-state index >= 15 is 0 Å². The monoisotopic (exact) mass is 320 g/mol. The molecule has 0 spiro atoms. The fourth-order valence-corrected chi connectivity index (χ4v) is 2.92. The van der Waals surface area contributed by atoms with Gasteiger partial charge in [0.05, 0.1) is 16.8 Å². The highest BCUT2D eigenvalue weighted by molar-refractivity contribution is 6.30. The van der Waals surface area contributed by atoms with Gasteiger partial charge in [0.15, 0.2) is 5.78 Å². The van der Waals surface area contributed by atoms with Crippen LogP contribution in [0.2, 0.25) is 5.02 Å². The maximum atomic E-state index is 13.7. The molecule has 2 heterocycles. The summed E-state index contributed by atoms with van der Waals surface area (Å²) in [6.07, 6.45) is 4.44. The van der Waals surface area contributed by atoms with Crippen LogP contribution in [0.25, 0.3) is 0 Å². The molecule has 0 aromatic heterocycles. The van der Waals surface area contributed by atoms with Gasteiger partial charge in [-0.1, -0.05) is 23.7 Å². The van der Waals surface area contributed by atoms with Crippen molar-refractivity contribution in [1.29, 1.82) is 0 Å². The highest BCUT2D eigenvalue weighted by Gasteiger charge is 2.35. The van der Waals surface area contributed by atoms with E-state index in [0.717, 1.165) is 6.42 Å². The van der Waals surface area contributed by atoms with E-state index in [1.807, 2.05) is 6.08 Å². The van der Waals surface area contributed by atoms with E-state index < -0.39 is 11.9 Å². The fourth-order valence-electron chi connectivity index (χ4n) is 2.80. The van der Waals surface area contributed by atoms with E-state index in [1.54, 1.807) is 17.0 Å². The molecule has 1 unspecified atom stereocenters. The largest absolute Gasteiger partial charge is 0.327 e. The lowest BCUT2D eigenvalue weighted by molar-refractivity contribution is -0.114. The van der Waals surface area contributed by atoms with Crippen LogP contribution in [-0.4, -0.2) is 23.3 Å². The fraction of sp³-hybridized carbons (Fsp3) is 0.250. The first-order chi connectivity index (χ1) is 10.5. The lowest BCUT2D eigenvalue weighted by Crippen LogP contribution is -2.48. The molecule has 1 atom stereocenters. The van der Waals surface area contributed by atoms with Crippen molar-refractivity contribution in [3.05, 3.63) is 58.0 Å². The Morgan fingerprint density at radius 1 is 1.45 bits per heavy atom. The van der Waals surface area contributed by atoms with E-state index in [-0.39, 0.29) is 16.8 Å². The Labute approximate surface area is 132 Å². The van der Waals surface area contributed by atoms with Crippen molar-refractivity contribution in [3.8, 4) is 0 Å². The zero-order valence-corrected chi connectivity index (χ0v) is 12.7. The lowest BCUT2D eigenvalue weighted by Gasteiger charge is -2.37.